The number of ether oxygens (including phenoxy) is 1. The van der Waals surface area contributed by atoms with Crippen molar-refractivity contribution in [1.29, 1.82) is 0 Å². The zero-order valence-corrected chi connectivity index (χ0v) is 10.5. The van der Waals surface area contributed by atoms with E-state index >= 15 is 0 Å². The van der Waals surface area contributed by atoms with E-state index in [1.807, 2.05) is 0 Å². The van der Waals surface area contributed by atoms with Crippen LogP contribution in [-0.2, 0) is 4.74 Å². The van der Waals surface area contributed by atoms with E-state index in [4.69, 9.17) is 15.6 Å². The Morgan fingerprint density at radius 1 is 1.16 bits per heavy atom. The minimum Gasteiger partial charge on any atom is -0.462 e. The number of hydrogen-bond donors (Lipinski definition) is 2. The third kappa shape index (κ3) is 4.82. The van der Waals surface area contributed by atoms with Crippen LogP contribution in [0.2, 0.25) is 0 Å². The highest BCUT2D eigenvalue weighted by atomic mass is 19.1. The monoisotopic (exact) mass is 273 g/mol. The molecule has 0 heterocycles. The van der Waals surface area contributed by atoms with Crippen LogP contribution in [0.5, 0.6) is 0 Å². The van der Waals surface area contributed by atoms with Gasteiger partial charge < -0.3 is 15.6 Å². The highest BCUT2D eigenvalue weighted by Crippen LogP contribution is 2.17. The fraction of sp³-hybridized carbons (Fsp3) is 0.462. The average molecular weight is 273 g/mol. The summed E-state index contributed by atoms with van der Waals surface area (Å²) in [5.41, 5.74) is 4.60. The number of rotatable bonds is 7. The highest BCUT2D eigenvalue weighted by Gasteiger charge is 2.16. The van der Waals surface area contributed by atoms with Gasteiger partial charge in [-0.25, -0.2) is 13.6 Å². The minimum atomic E-state index is -0.989. The van der Waals surface area contributed by atoms with E-state index in [2.05, 4.69) is 0 Å². The first-order valence-electron chi connectivity index (χ1n) is 6.08. The molecule has 0 aliphatic heterocycles. The van der Waals surface area contributed by atoms with Gasteiger partial charge in [-0.2, -0.15) is 0 Å². The Morgan fingerprint density at radius 3 is 2.53 bits per heavy atom. The number of esters is 1. The van der Waals surface area contributed by atoms with Crippen LogP contribution in [0.25, 0.3) is 0 Å². The Labute approximate surface area is 110 Å². The van der Waals surface area contributed by atoms with Crippen LogP contribution in [0.15, 0.2) is 12.1 Å². The predicted molar refractivity (Wildman–Crippen MR) is 66.6 cm³/mol. The normalized spacial score (nSPS) is 10.5. The summed E-state index contributed by atoms with van der Waals surface area (Å²) in [5.74, 6) is -2.75. The number of aliphatic hydroxyl groups excluding tert-OH is 1. The first-order chi connectivity index (χ1) is 9.06. The Kier molecular flexibility index (Phi) is 6.21. The Hall–Kier alpha value is -1.69. The van der Waals surface area contributed by atoms with Crippen LogP contribution in [0.4, 0.5) is 14.5 Å². The van der Waals surface area contributed by atoms with Crippen LogP contribution in [0.1, 0.15) is 36.0 Å². The number of unbranched alkanes of at least 4 members (excludes halogenated alkanes) is 3. The van der Waals surface area contributed by atoms with Crippen LogP contribution >= 0.6 is 0 Å². The molecule has 106 valence electrons. The molecule has 6 heteroatoms. The lowest BCUT2D eigenvalue weighted by Crippen LogP contribution is -2.10. The predicted octanol–water partition coefficient (Wildman–Crippen LogP) is 2.26. The first-order valence-corrected chi connectivity index (χ1v) is 6.08. The van der Waals surface area contributed by atoms with Crippen molar-refractivity contribution in [2.24, 2.45) is 0 Å². The molecule has 0 bridgehead atoms. The van der Waals surface area contributed by atoms with Gasteiger partial charge in [-0.05, 0) is 25.3 Å². The van der Waals surface area contributed by atoms with E-state index in [1.54, 1.807) is 0 Å². The van der Waals surface area contributed by atoms with E-state index in [0.717, 1.165) is 18.9 Å². The summed E-state index contributed by atoms with van der Waals surface area (Å²) < 4.78 is 31.1. The van der Waals surface area contributed by atoms with Crippen molar-refractivity contribution >= 4 is 11.7 Å². The van der Waals surface area contributed by atoms with Gasteiger partial charge >= 0.3 is 5.97 Å². The molecule has 1 aromatic rings. The van der Waals surface area contributed by atoms with E-state index in [0.29, 0.717) is 18.9 Å². The van der Waals surface area contributed by atoms with Crippen molar-refractivity contribution < 1.29 is 23.4 Å². The van der Waals surface area contributed by atoms with Crippen LogP contribution < -0.4 is 5.73 Å². The SMILES string of the molecule is Nc1cc(C(=O)OCCCCCCO)c(F)cc1F. The van der Waals surface area contributed by atoms with Crippen molar-refractivity contribution in [3.05, 3.63) is 29.3 Å². The number of carbonyl (C=O) groups is 1. The quantitative estimate of drug-likeness (QED) is 0.454. The van der Waals surface area contributed by atoms with E-state index in [1.165, 1.54) is 0 Å². The fourth-order valence-electron chi connectivity index (χ4n) is 1.53. The number of hydrogen-bond acceptors (Lipinski definition) is 4. The highest BCUT2D eigenvalue weighted by molar-refractivity contribution is 5.90. The van der Waals surface area contributed by atoms with Gasteiger partial charge in [0.2, 0.25) is 0 Å². The van der Waals surface area contributed by atoms with Gasteiger partial charge in [0, 0.05) is 12.7 Å². The molecule has 0 saturated heterocycles. The summed E-state index contributed by atoms with van der Waals surface area (Å²) in [6, 6.07) is 1.49. The molecular formula is C13H17F2NO3. The standard InChI is InChI=1S/C13H17F2NO3/c14-10-8-11(15)12(16)7-9(10)13(18)19-6-4-2-1-3-5-17/h7-8,17H,1-6,16H2. The van der Waals surface area contributed by atoms with Gasteiger partial charge in [0.1, 0.15) is 11.6 Å². The maximum Gasteiger partial charge on any atom is 0.341 e. The van der Waals surface area contributed by atoms with Crippen LogP contribution in [-0.4, -0.2) is 24.3 Å². The molecule has 0 amide bonds. The molecule has 0 unspecified atom stereocenters. The number of nitrogen functional groups attached to an aromatic ring is 1. The molecule has 3 N–H and O–H groups in total. The number of aliphatic hydroxyl groups is 1. The molecule has 0 aliphatic rings. The molecule has 0 radical (unpaired) electrons. The second-order valence-corrected chi connectivity index (χ2v) is 4.13. The Bertz CT molecular complexity index is 438. The minimum absolute atomic E-state index is 0.139. The summed E-state index contributed by atoms with van der Waals surface area (Å²) in [4.78, 5) is 11.5. The van der Waals surface area contributed by atoms with Crippen molar-refractivity contribution in [2.45, 2.75) is 25.7 Å². The van der Waals surface area contributed by atoms with Crippen molar-refractivity contribution in [1.82, 2.24) is 0 Å². The molecule has 0 aliphatic carbocycles. The fourth-order valence-corrected chi connectivity index (χ4v) is 1.53. The summed E-state index contributed by atoms with van der Waals surface area (Å²) in [6.07, 6.45) is 2.98. The zero-order valence-electron chi connectivity index (χ0n) is 10.5. The van der Waals surface area contributed by atoms with Crippen LogP contribution in [0.3, 0.4) is 0 Å². The summed E-state index contributed by atoms with van der Waals surface area (Å²) in [6.45, 7) is 0.292. The molecule has 0 atom stereocenters. The second kappa shape index (κ2) is 7.68. The van der Waals surface area contributed by atoms with Gasteiger partial charge in [0.15, 0.2) is 0 Å². The van der Waals surface area contributed by atoms with Gasteiger partial charge in [0.05, 0.1) is 17.9 Å². The van der Waals surface area contributed by atoms with Gasteiger partial charge in [-0.15, -0.1) is 0 Å². The number of benzene rings is 1. The number of carbonyl (C=O) groups excluding carboxylic acids is 1. The molecular weight excluding hydrogens is 256 g/mol. The van der Waals surface area contributed by atoms with Crippen molar-refractivity contribution in [2.75, 3.05) is 18.9 Å². The number of anilines is 1. The molecule has 1 rings (SSSR count). The zero-order chi connectivity index (χ0) is 14.3. The van der Waals surface area contributed by atoms with Crippen molar-refractivity contribution in [3.63, 3.8) is 0 Å². The largest absolute Gasteiger partial charge is 0.462 e. The molecule has 0 fully saturated rings. The molecule has 0 aromatic heterocycles. The topological polar surface area (TPSA) is 72.6 Å². The second-order valence-electron chi connectivity index (χ2n) is 4.13. The summed E-state index contributed by atoms with van der Waals surface area (Å²) in [7, 11) is 0. The summed E-state index contributed by atoms with van der Waals surface area (Å²) in [5, 5.41) is 8.57. The average Bonchev–Trinajstić information content (AvgIpc) is 2.37. The molecule has 0 spiro atoms. The molecule has 4 nitrogen and oxygen atoms in total. The lowest BCUT2D eigenvalue weighted by Gasteiger charge is -2.07. The Balaban J connectivity index is 2.43. The van der Waals surface area contributed by atoms with E-state index in [-0.39, 0.29) is 24.5 Å². The summed E-state index contributed by atoms with van der Waals surface area (Å²) >= 11 is 0. The van der Waals surface area contributed by atoms with Crippen LogP contribution in [0, 0.1) is 11.6 Å². The number of nitrogens with two attached hydrogens (primary N) is 1. The number of halogens is 2. The maximum atomic E-state index is 13.3. The van der Waals surface area contributed by atoms with Gasteiger partial charge in [-0.1, -0.05) is 6.42 Å². The molecule has 1 aromatic carbocycles. The smallest absolute Gasteiger partial charge is 0.341 e. The molecule has 19 heavy (non-hydrogen) atoms. The van der Waals surface area contributed by atoms with Gasteiger partial charge in [0.25, 0.3) is 0 Å². The Morgan fingerprint density at radius 2 is 1.84 bits per heavy atom. The third-order valence-corrected chi connectivity index (χ3v) is 2.59. The van der Waals surface area contributed by atoms with E-state index in [9.17, 15) is 13.6 Å². The molecule has 0 saturated carbocycles. The van der Waals surface area contributed by atoms with E-state index < -0.39 is 17.6 Å². The lowest BCUT2D eigenvalue weighted by atomic mass is 10.2. The van der Waals surface area contributed by atoms with Gasteiger partial charge in [-0.3, -0.25) is 0 Å². The third-order valence-electron chi connectivity index (χ3n) is 2.59. The first kappa shape index (κ1) is 15.4. The van der Waals surface area contributed by atoms with Crippen molar-refractivity contribution in [3.8, 4) is 0 Å². The maximum absolute atomic E-state index is 13.3. The lowest BCUT2D eigenvalue weighted by molar-refractivity contribution is 0.0492.